The monoisotopic (exact) mass is 208 g/mol. The fraction of sp³-hybridized carbons (Fsp3) is 0.750. The van der Waals surface area contributed by atoms with Crippen LogP contribution >= 0.6 is 11.8 Å². The molecule has 0 saturated heterocycles. The molecule has 5 heteroatoms. The highest BCUT2D eigenvalue weighted by Gasteiger charge is 1.91. The first-order valence-electron chi connectivity index (χ1n) is 4.05. The van der Waals surface area contributed by atoms with Crippen molar-refractivity contribution in [1.29, 1.82) is 0 Å². The maximum atomic E-state index is 9.74. The van der Waals surface area contributed by atoms with Crippen LogP contribution in [-0.4, -0.2) is 33.7 Å². The molecule has 78 valence electrons. The van der Waals surface area contributed by atoms with Gasteiger partial charge in [0.2, 0.25) is 0 Å². The first kappa shape index (κ1) is 14.8. The van der Waals surface area contributed by atoms with E-state index in [2.05, 4.69) is 0 Å². The minimum Gasteiger partial charge on any atom is -0.481 e. The maximum Gasteiger partial charge on any atom is 0.313 e. The van der Waals surface area contributed by atoms with Crippen LogP contribution in [0.15, 0.2) is 0 Å². The van der Waals surface area contributed by atoms with Crippen LogP contribution in [0.1, 0.15) is 26.7 Å². The van der Waals surface area contributed by atoms with Gasteiger partial charge in [0.05, 0.1) is 5.75 Å². The third kappa shape index (κ3) is 24.6. The first-order chi connectivity index (χ1) is 6.04. The lowest BCUT2D eigenvalue weighted by Crippen LogP contribution is -1.97. The van der Waals surface area contributed by atoms with Crippen molar-refractivity contribution in [3.8, 4) is 0 Å². The zero-order chi connectivity index (χ0) is 10.7. The molecule has 0 heterocycles. The van der Waals surface area contributed by atoms with E-state index in [1.54, 1.807) is 0 Å². The Labute approximate surface area is 82.3 Å². The number of rotatable bonds is 5. The molecule has 0 atom stereocenters. The van der Waals surface area contributed by atoms with Gasteiger partial charge in [0, 0.05) is 6.42 Å². The second kappa shape index (κ2) is 11.3. The molecule has 0 aliphatic heterocycles. The maximum absolute atomic E-state index is 9.74. The molecule has 0 unspecified atom stereocenters. The van der Waals surface area contributed by atoms with Crippen molar-refractivity contribution < 1.29 is 19.8 Å². The fourth-order valence-electron chi connectivity index (χ4n) is 0.403. The normalized spacial score (nSPS) is 8.46. The lowest BCUT2D eigenvalue weighted by atomic mass is 10.4. The molecular formula is C8H16O4S. The highest BCUT2D eigenvalue weighted by molar-refractivity contribution is 7.99. The van der Waals surface area contributed by atoms with E-state index in [-0.39, 0.29) is 5.75 Å². The Kier molecular flexibility index (Phi) is 12.8. The number of hydrogen-bond acceptors (Lipinski definition) is 3. The number of carboxylic acids is 2. The van der Waals surface area contributed by atoms with Crippen molar-refractivity contribution in [1.82, 2.24) is 0 Å². The molecular weight excluding hydrogens is 192 g/mol. The molecule has 0 amide bonds. The lowest BCUT2D eigenvalue weighted by molar-refractivity contribution is -0.137. The molecule has 0 aliphatic rings. The molecule has 0 rings (SSSR count). The Morgan fingerprint density at radius 1 is 1.15 bits per heavy atom. The van der Waals surface area contributed by atoms with Gasteiger partial charge in [-0.2, -0.15) is 11.8 Å². The molecule has 4 nitrogen and oxygen atoms in total. The minimum atomic E-state index is -0.730. The molecule has 0 radical (unpaired) electrons. The zero-order valence-electron chi connectivity index (χ0n) is 7.95. The molecule has 13 heavy (non-hydrogen) atoms. The van der Waals surface area contributed by atoms with Gasteiger partial charge in [-0.05, 0) is 12.2 Å². The lowest BCUT2D eigenvalue weighted by Gasteiger charge is -1.86. The van der Waals surface area contributed by atoms with Crippen molar-refractivity contribution in [2.75, 3.05) is 11.5 Å². The van der Waals surface area contributed by atoms with Crippen molar-refractivity contribution in [2.24, 2.45) is 0 Å². The molecule has 0 saturated carbocycles. The van der Waals surface area contributed by atoms with Gasteiger partial charge < -0.3 is 10.2 Å². The number of carbonyl (C=O) groups is 2. The zero-order valence-corrected chi connectivity index (χ0v) is 8.76. The van der Waals surface area contributed by atoms with E-state index in [4.69, 9.17) is 10.2 Å². The Bertz CT molecular complexity index is 147. The standard InChI is InChI=1S/C4H8O2S.C4H8O2/c1-2-7-3-4(5)6;1-2-3-4(5)6/h2-3H2,1H3,(H,5,6);2-3H2,1H3,(H,5,6). The second-order valence-electron chi connectivity index (χ2n) is 2.17. The largest absolute Gasteiger partial charge is 0.481 e. The predicted octanol–water partition coefficient (Wildman–Crippen LogP) is 1.70. The summed E-state index contributed by atoms with van der Waals surface area (Å²) in [6, 6.07) is 0. The summed E-state index contributed by atoms with van der Waals surface area (Å²) < 4.78 is 0. The number of aliphatic carboxylic acids is 2. The average molecular weight is 208 g/mol. The van der Waals surface area contributed by atoms with E-state index >= 15 is 0 Å². The summed E-state index contributed by atoms with van der Waals surface area (Å²) in [7, 11) is 0. The summed E-state index contributed by atoms with van der Waals surface area (Å²) in [5, 5.41) is 15.9. The quantitative estimate of drug-likeness (QED) is 0.719. The first-order valence-corrected chi connectivity index (χ1v) is 5.21. The Morgan fingerprint density at radius 3 is 1.77 bits per heavy atom. The molecule has 0 aromatic carbocycles. The Hall–Kier alpha value is -0.710. The SMILES string of the molecule is CCCC(=O)O.CCSCC(=O)O. The van der Waals surface area contributed by atoms with Gasteiger partial charge in [0.15, 0.2) is 0 Å². The van der Waals surface area contributed by atoms with Crippen molar-refractivity contribution in [2.45, 2.75) is 26.7 Å². The minimum absolute atomic E-state index is 0.233. The van der Waals surface area contributed by atoms with Crippen molar-refractivity contribution >= 4 is 23.7 Å². The molecule has 0 aliphatic carbocycles. The summed E-state index contributed by atoms with van der Waals surface area (Å²) in [5.41, 5.74) is 0. The fourth-order valence-corrected chi connectivity index (χ4v) is 0.782. The van der Waals surface area contributed by atoms with Crippen LogP contribution in [0.5, 0.6) is 0 Å². The van der Waals surface area contributed by atoms with Crippen LogP contribution in [0.25, 0.3) is 0 Å². The van der Waals surface area contributed by atoms with Crippen LogP contribution < -0.4 is 0 Å². The number of hydrogen-bond donors (Lipinski definition) is 2. The van der Waals surface area contributed by atoms with Crippen molar-refractivity contribution in [3.63, 3.8) is 0 Å². The molecule has 0 aromatic heterocycles. The van der Waals surface area contributed by atoms with Crippen LogP contribution in [0.3, 0.4) is 0 Å². The van der Waals surface area contributed by atoms with Gasteiger partial charge >= 0.3 is 11.9 Å². The van der Waals surface area contributed by atoms with Crippen LogP contribution in [0, 0.1) is 0 Å². The Morgan fingerprint density at radius 2 is 1.69 bits per heavy atom. The van der Waals surface area contributed by atoms with Crippen LogP contribution in [0.4, 0.5) is 0 Å². The summed E-state index contributed by atoms with van der Waals surface area (Å²) in [5.74, 6) is -0.327. The van der Waals surface area contributed by atoms with E-state index in [1.165, 1.54) is 11.8 Å². The van der Waals surface area contributed by atoms with Gasteiger partial charge in [-0.1, -0.05) is 13.8 Å². The highest BCUT2D eigenvalue weighted by Crippen LogP contribution is 1.95. The molecule has 2 N–H and O–H groups in total. The average Bonchev–Trinajstić information content (AvgIpc) is 2.01. The van der Waals surface area contributed by atoms with E-state index in [1.807, 2.05) is 13.8 Å². The summed E-state index contributed by atoms with van der Waals surface area (Å²) >= 11 is 1.42. The molecule has 0 fully saturated rings. The second-order valence-corrected chi connectivity index (χ2v) is 3.45. The number of thioether (sulfide) groups is 1. The molecule has 0 aromatic rings. The van der Waals surface area contributed by atoms with E-state index < -0.39 is 11.9 Å². The van der Waals surface area contributed by atoms with E-state index in [0.717, 1.165) is 12.2 Å². The predicted molar refractivity (Wildman–Crippen MR) is 53.2 cm³/mol. The van der Waals surface area contributed by atoms with E-state index in [0.29, 0.717) is 6.42 Å². The van der Waals surface area contributed by atoms with Crippen LogP contribution in [-0.2, 0) is 9.59 Å². The van der Waals surface area contributed by atoms with Crippen molar-refractivity contribution in [3.05, 3.63) is 0 Å². The topological polar surface area (TPSA) is 74.6 Å². The Balaban J connectivity index is 0. The van der Waals surface area contributed by atoms with Gasteiger partial charge in [0.25, 0.3) is 0 Å². The summed E-state index contributed by atoms with van der Waals surface area (Å²) in [4.78, 5) is 19.3. The van der Waals surface area contributed by atoms with Gasteiger partial charge in [-0.15, -0.1) is 0 Å². The molecule has 0 spiro atoms. The third-order valence-corrected chi connectivity index (χ3v) is 1.75. The van der Waals surface area contributed by atoms with Gasteiger partial charge in [-0.25, -0.2) is 0 Å². The van der Waals surface area contributed by atoms with Gasteiger partial charge in [0.1, 0.15) is 0 Å². The summed E-state index contributed by atoms with van der Waals surface area (Å²) in [6.07, 6.45) is 1.02. The third-order valence-electron chi connectivity index (χ3n) is 0.894. The molecule has 0 bridgehead atoms. The summed E-state index contributed by atoms with van der Waals surface area (Å²) in [6.45, 7) is 3.78. The van der Waals surface area contributed by atoms with E-state index in [9.17, 15) is 9.59 Å². The smallest absolute Gasteiger partial charge is 0.313 e. The van der Waals surface area contributed by atoms with Crippen LogP contribution in [0.2, 0.25) is 0 Å². The number of carboxylic acid groups (broad SMARTS) is 2. The highest BCUT2D eigenvalue weighted by atomic mass is 32.2. The van der Waals surface area contributed by atoms with Gasteiger partial charge in [-0.3, -0.25) is 9.59 Å².